The van der Waals surface area contributed by atoms with E-state index in [2.05, 4.69) is 15.3 Å². The summed E-state index contributed by atoms with van der Waals surface area (Å²) in [4.78, 5) is 37.7. The second kappa shape index (κ2) is 17.7. The van der Waals surface area contributed by atoms with Crippen LogP contribution in [0.2, 0.25) is 0 Å². The number of ether oxygens (including phenoxy) is 1. The smallest absolute Gasteiger partial charge is 0.340 e. The summed E-state index contributed by atoms with van der Waals surface area (Å²) in [6, 6.07) is 36.9. The third kappa shape index (κ3) is 8.87. The molecule has 19 nitrogen and oxygen atoms in total. The Kier molecular flexibility index (Phi) is 11.9. The molecule has 0 aliphatic heterocycles. The number of rotatable bonds is 11. The SMILES string of the molecule is COc1cc(C)ccc1-[n+]1nc(-c2ccc(C)cc2)nn1-c1ccc([N+](=O)[O-])cc1.Cc1ccc(-[n+]2nc(-c3ccc([N+](=O)[O-])cc3)nn2-c2ccc([N+](=O)[O-])cc2)c(CO)c1. The molecule has 0 fully saturated rings. The van der Waals surface area contributed by atoms with E-state index in [4.69, 9.17) is 9.84 Å². The number of nitro groups is 3. The molecule has 0 spiro atoms. The van der Waals surface area contributed by atoms with Crippen LogP contribution in [-0.2, 0) is 6.61 Å². The van der Waals surface area contributed by atoms with E-state index in [-0.39, 0.29) is 29.5 Å². The molecule has 8 aromatic rings. The number of non-ortho nitro benzene ring substituents is 3. The fraction of sp³-hybridized carbons (Fsp3) is 0.116. The van der Waals surface area contributed by atoms with Gasteiger partial charge in [0.2, 0.25) is 5.69 Å². The minimum Gasteiger partial charge on any atom is -0.492 e. The first-order valence-corrected chi connectivity index (χ1v) is 18.8. The lowest BCUT2D eigenvalue weighted by molar-refractivity contribution is -0.735. The largest absolute Gasteiger partial charge is 0.492 e. The van der Waals surface area contributed by atoms with Gasteiger partial charge < -0.3 is 9.84 Å². The van der Waals surface area contributed by atoms with Crippen LogP contribution in [0.4, 0.5) is 17.1 Å². The predicted octanol–water partition coefficient (Wildman–Crippen LogP) is 6.57. The molecule has 2 heterocycles. The number of hydrogen-bond donors (Lipinski definition) is 1. The van der Waals surface area contributed by atoms with Crippen LogP contribution in [0.5, 0.6) is 5.75 Å². The summed E-state index contributed by atoms with van der Waals surface area (Å²) in [6.45, 7) is 5.67. The molecule has 0 atom stereocenters. The van der Waals surface area contributed by atoms with Crippen LogP contribution in [0.15, 0.2) is 133 Å². The normalized spacial score (nSPS) is 10.8. The number of aryl methyl sites for hydroxylation is 3. The lowest BCUT2D eigenvalue weighted by Gasteiger charge is -2.06. The van der Waals surface area contributed by atoms with E-state index in [9.17, 15) is 35.4 Å². The van der Waals surface area contributed by atoms with Crippen LogP contribution < -0.4 is 14.3 Å². The van der Waals surface area contributed by atoms with Gasteiger partial charge in [0.25, 0.3) is 17.1 Å². The number of aliphatic hydroxyl groups is 1. The van der Waals surface area contributed by atoms with Gasteiger partial charge in [-0.3, -0.25) is 30.3 Å². The van der Waals surface area contributed by atoms with Crippen LogP contribution in [-0.4, -0.2) is 57.0 Å². The van der Waals surface area contributed by atoms with Crippen LogP contribution >= 0.6 is 0 Å². The molecular weight excluding hydrogens is 799 g/mol. The van der Waals surface area contributed by atoms with Gasteiger partial charge in [-0.05, 0) is 119 Å². The molecule has 62 heavy (non-hydrogen) atoms. The zero-order valence-corrected chi connectivity index (χ0v) is 33.6. The summed E-state index contributed by atoms with van der Waals surface area (Å²) in [7, 11) is 1.60. The second-order valence-corrected chi connectivity index (χ2v) is 13.9. The molecule has 0 aliphatic carbocycles. The van der Waals surface area contributed by atoms with E-state index in [0.29, 0.717) is 45.5 Å². The first-order chi connectivity index (χ1) is 29.8. The summed E-state index contributed by atoms with van der Waals surface area (Å²) in [5.74, 6) is 1.45. The van der Waals surface area contributed by atoms with Gasteiger partial charge in [0.05, 0.1) is 49.8 Å². The van der Waals surface area contributed by atoms with Gasteiger partial charge in [0, 0.05) is 51.6 Å². The van der Waals surface area contributed by atoms with Crippen molar-refractivity contribution in [2.24, 2.45) is 0 Å². The Morgan fingerprint density at radius 1 is 0.548 bits per heavy atom. The average Bonchev–Trinajstić information content (AvgIpc) is 3.93. The number of aromatic nitrogens is 8. The van der Waals surface area contributed by atoms with Crippen molar-refractivity contribution in [1.29, 1.82) is 0 Å². The molecule has 0 amide bonds. The number of hydrogen-bond acceptors (Lipinski definition) is 12. The highest BCUT2D eigenvalue weighted by atomic mass is 16.6. The maximum absolute atomic E-state index is 11.0. The Labute approximate surface area is 352 Å². The third-order valence-corrected chi connectivity index (χ3v) is 9.52. The lowest BCUT2D eigenvalue weighted by Crippen LogP contribution is -2.44. The van der Waals surface area contributed by atoms with E-state index >= 15 is 0 Å². The second-order valence-electron chi connectivity index (χ2n) is 13.9. The molecular formula is C43H37N11O8+2. The highest BCUT2D eigenvalue weighted by molar-refractivity contribution is 5.57. The fourth-order valence-corrected chi connectivity index (χ4v) is 6.28. The zero-order chi connectivity index (χ0) is 44.1. The quantitative estimate of drug-likeness (QED) is 0.0829. The van der Waals surface area contributed by atoms with Crippen molar-refractivity contribution in [2.75, 3.05) is 7.11 Å². The van der Waals surface area contributed by atoms with Crippen molar-refractivity contribution in [3.8, 4) is 51.3 Å². The summed E-state index contributed by atoms with van der Waals surface area (Å²) in [5, 5.41) is 61.3. The van der Waals surface area contributed by atoms with E-state index in [1.54, 1.807) is 47.0 Å². The number of tetrazole rings is 2. The van der Waals surface area contributed by atoms with Gasteiger partial charge in [0.1, 0.15) is 11.4 Å². The maximum Gasteiger partial charge on any atom is 0.340 e. The summed E-state index contributed by atoms with van der Waals surface area (Å²) in [6.07, 6.45) is 0. The fourth-order valence-electron chi connectivity index (χ4n) is 6.28. The van der Waals surface area contributed by atoms with Crippen molar-refractivity contribution in [3.63, 3.8) is 0 Å². The van der Waals surface area contributed by atoms with Gasteiger partial charge in [-0.2, -0.15) is 0 Å². The van der Waals surface area contributed by atoms with Gasteiger partial charge >= 0.3 is 11.6 Å². The molecule has 1 N–H and O–H groups in total. The molecule has 0 saturated heterocycles. The molecule has 0 saturated carbocycles. The molecule has 0 bridgehead atoms. The van der Waals surface area contributed by atoms with Crippen molar-refractivity contribution in [2.45, 2.75) is 27.4 Å². The standard InChI is InChI=1S/C22H20N5O3.C21H17N6O5/c1-15-4-7-17(8-5-15)22-23-25(18-9-11-19(12-10-18)27(28)29)26(24-22)20-13-6-16(2)14-21(20)30-3;1-14-2-11-20(16(12-14)13-28)25-23-21(15-3-5-18(6-4-15)26(29)30)22-24(25)17-7-9-19(10-8-17)27(31)32/h4-14H,1-3H3;2-12,28H,13H2,1H3/q2*+1. The van der Waals surface area contributed by atoms with Gasteiger partial charge in [-0.1, -0.05) is 35.4 Å². The van der Waals surface area contributed by atoms with Crippen LogP contribution in [0, 0.1) is 51.1 Å². The molecule has 8 rings (SSSR count). The average molecular weight is 836 g/mol. The Morgan fingerprint density at radius 3 is 1.37 bits per heavy atom. The molecule has 0 unspecified atom stereocenters. The van der Waals surface area contributed by atoms with Gasteiger partial charge in [-0.25, -0.2) is 0 Å². The minimum absolute atomic E-state index is 0.0112. The highest BCUT2D eigenvalue weighted by Crippen LogP contribution is 2.24. The van der Waals surface area contributed by atoms with Crippen molar-refractivity contribution >= 4 is 17.1 Å². The van der Waals surface area contributed by atoms with Crippen LogP contribution in [0.25, 0.3) is 45.5 Å². The highest BCUT2D eigenvalue weighted by Gasteiger charge is 2.28. The van der Waals surface area contributed by atoms with Crippen molar-refractivity contribution in [3.05, 3.63) is 186 Å². The minimum atomic E-state index is -0.495. The van der Waals surface area contributed by atoms with E-state index < -0.39 is 14.8 Å². The first kappa shape index (κ1) is 41.6. The summed E-state index contributed by atoms with van der Waals surface area (Å²) >= 11 is 0. The summed E-state index contributed by atoms with van der Waals surface area (Å²) in [5.41, 5.74) is 7.45. The van der Waals surface area contributed by atoms with E-state index in [1.807, 2.05) is 75.4 Å². The number of nitro benzene ring substituents is 3. The molecule has 19 heteroatoms. The Bertz CT molecular complexity index is 2930. The van der Waals surface area contributed by atoms with Crippen molar-refractivity contribution in [1.82, 2.24) is 30.0 Å². The van der Waals surface area contributed by atoms with Crippen LogP contribution in [0.3, 0.4) is 0 Å². The Hall–Kier alpha value is -8.58. The Balaban J connectivity index is 0.000000187. The number of benzene rings is 6. The first-order valence-electron chi connectivity index (χ1n) is 18.8. The third-order valence-electron chi connectivity index (χ3n) is 9.52. The summed E-state index contributed by atoms with van der Waals surface area (Å²) < 4.78 is 5.56. The molecule has 310 valence electrons. The monoisotopic (exact) mass is 835 g/mol. The predicted molar refractivity (Wildman–Crippen MR) is 223 cm³/mol. The lowest BCUT2D eigenvalue weighted by atomic mass is 10.1. The number of aliphatic hydroxyl groups excluding tert-OH is 1. The maximum atomic E-state index is 11.0. The van der Waals surface area contributed by atoms with Gasteiger partial charge in [-0.15, -0.1) is 0 Å². The zero-order valence-electron chi connectivity index (χ0n) is 33.6. The Morgan fingerprint density at radius 2 is 0.935 bits per heavy atom. The van der Waals surface area contributed by atoms with Crippen LogP contribution in [0.1, 0.15) is 22.3 Å². The van der Waals surface area contributed by atoms with E-state index in [0.717, 1.165) is 22.3 Å². The van der Waals surface area contributed by atoms with E-state index in [1.165, 1.54) is 58.1 Å². The molecule has 6 aromatic carbocycles. The molecule has 0 radical (unpaired) electrons. The molecule has 0 aliphatic rings. The van der Waals surface area contributed by atoms with Crippen molar-refractivity contribution < 1.29 is 34.2 Å². The topological polar surface area (TPSA) is 228 Å². The number of methoxy groups -OCH3 is 1. The van der Waals surface area contributed by atoms with Gasteiger partial charge in [0.15, 0.2) is 11.4 Å². The number of nitrogens with zero attached hydrogens (tertiary/aromatic N) is 11. The molecule has 2 aromatic heterocycles.